The predicted molar refractivity (Wildman–Crippen MR) is 79.7 cm³/mol. The highest BCUT2D eigenvalue weighted by Gasteiger charge is 2.56. The average Bonchev–Trinajstić information content (AvgIpc) is 3.30. The summed E-state index contributed by atoms with van der Waals surface area (Å²) < 4.78 is 4.88. The number of ether oxygens (including phenoxy) is 1. The van der Waals surface area contributed by atoms with Crippen molar-refractivity contribution in [1.82, 2.24) is 10.6 Å². The third kappa shape index (κ3) is 4.04. The third-order valence-electron chi connectivity index (χ3n) is 3.75. The van der Waals surface area contributed by atoms with E-state index in [-0.39, 0.29) is 11.8 Å². The van der Waals surface area contributed by atoms with Crippen molar-refractivity contribution in [3.05, 3.63) is 35.9 Å². The SMILES string of the molecule is COCCNC(=O)C1(C(=O)NCCc2ccccc2)CC1. The van der Waals surface area contributed by atoms with Crippen LogP contribution in [-0.2, 0) is 20.7 Å². The van der Waals surface area contributed by atoms with Crippen LogP contribution in [0.1, 0.15) is 18.4 Å². The Hall–Kier alpha value is -1.88. The zero-order chi connectivity index (χ0) is 15.1. The molecule has 1 aliphatic rings. The maximum atomic E-state index is 12.2. The number of methoxy groups -OCH3 is 1. The van der Waals surface area contributed by atoms with E-state index in [2.05, 4.69) is 10.6 Å². The zero-order valence-electron chi connectivity index (χ0n) is 12.4. The number of nitrogens with one attached hydrogen (secondary N) is 2. The summed E-state index contributed by atoms with van der Waals surface area (Å²) >= 11 is 0. The minimum atomic E-state index is -0.843. The second-order valence-electron chi connectivity index (χ2n) is 5.32. The molecule has 114 valence electrons. The first kappa shape index (κ1) is 15.5. The molecule has 0 unspecified atom stereocenters. The van der Waals surface area contributed by atoms with Crippen LogP contribution in [-0.4, -0.2) is 38.6 Å². The number of carbonyl (C=O) groups is 2. The fourth-order valence-corrected chi connectivity index (χ4v) is 2.25. The van der Waals surface area contributed by atoms with Crippen molar-refractivity contribution in [2.45, 2.75) is 19.3 Å². The number of rotatable bonds is 8. The zero-order valence-corrected chi connectivity index (χ0v) is 12.4. The maximum Gasteiger partial charge on any atom is 0.235 e. The molecule has 0 aliphatic heterocycles. The lowest BCUT2D eigenvalue weighted by molar-refractivity contribution is -0.137. The molecule has 1 aliphatic carbocycles. The van der Waals surface area contributed by atoms with Crippen LogP contribution in [0.3, 0.4) is 0 Å². The summed E-state index contributed by atoms with van der Waals surface area (Å²) in [4.78, 5) is 24.2. The van der Waals surface area contributed by atoms with Gasteiger partial charge in [-0.1, -0.05) is 30.3 Å². The van der Waals surface area contributed by atoms with E-state index in [1.807, 2.05) is 30.3 Å². The molecule has 2 amide bonds. The Balaban J connectivity index is 1.76. The van der Waals surface area contributed by atoms with E-state index in [0.29, 0.717) is 32.5 Å². The van der Waals surface area contributed by atoms with E-state index in [0.717, 1.165) is 6.42 Å². The Bertz CT molecular complexity index is 484. The van der Waals surface area contributed by atoms with Gasteiger partial charge in [0.25, 0.3) is 0 Å². The smallest absolute Gasteiger partial charge is 0.235 e. The fraction of sp³-hybridized carbons (Fsp3) is 0.500. The van der Waals surface area contributed by atoms with Crippen molar-refractivity contribution in [2.75, 3.05) is 26.8 Å². The van der Waals surface area contributed by atoms with Crippen LogP contribution in [0.4, 0.5) is 0 Å². The molecule has 0 atom stereocenters. The monoisotopic (exact) mass is 290 g/mol. The topological polar surface area (TPSA) is 67.4 Å². The lowest BCUT2D eigenvalue weighted by Crippen LogP contribution is -2.44. The summed E-state index contributed by atoms with van der Waals surface area (Å²) in [5, 5.41) is 5.62. The van der Waals surface area contributed by atoms with Gasteiger partial charge in [-0.25, -0.2) is 0 Å². The van der Waals surface area contributed by atoms with Gasteiger partial charge in [0.05, 0.1) is 6.61 Å². The summed E-state index contributed by atoms with van der Waals surface area (Å²) in [6.45, 7) is 1.45. The van der Waals surface area contributed by atoms with E-state index >= 15 is 0 Å². The number of amides is 2. The molecule has 2 rings (SSSR count). The van der Waals surface area contributed by atoms with E-state index in [1.165, 1.54) is 5.56 Å². The summed E-state index contributed by atoms with van der Waals surface area (Å²) in [5.41, 5.74) is 0.330. The first-order chi connectivity index (χ1) is 10.2. The molecule has 1 aromatic carbocycles. The first-order valence-corrected chi connectivity index (χ1v) is 7.28. The van der Waals surface area contributed by atoms with E-state index < -0.39 is 5.41 Å². The Morgan fingerprint density at radius 1 is 1.10 bits per heavy atom. The Morgan fingerprint density at radius 3 is 2.29 bits per heavy atom. The van der Waals surface area contributed by atoms with Crippen molar-refractivity contribution >= 4 is 11.8 Å². The van der Waals surface area contributed by atoms with Crippen molar-refractivity contribution in [2.24, 2.45) is 5.41 Å². The van der Waals surface area contributed by atoms with Gasteiger partial charge in [-0.05, 0) is 24.8 Å². The molecule has 0 radical (unpaired) electrons. The first-order valence-electron chi connectivity index (χ1n) is 7.28. The van der Waals surface area contributed by atoms with Crippen molar-refractivity contribution in [1.29, 1.82) is 0 Å². The quantitative estimate of drug-likeness (QED) is 0.552. The normalized spacial score (nSPS) is 15.3. The second-order valence-corrected chi connectivity index (χ2v) is 5.32. The molecule has 0 saturated heterocycles. The van der Waals surface area contributed by atoms with Crippen molar-refractivity contribution in [3.63, 3.8) is 0 Å². The molecule has 1 saturated carbocycles. The molecule has 1 aromatic rings. The van der Waals surface area contributed by atoms with Gasteiger partial charge in [0.2, 0.25) is 11.8 Å². The van der Waals surface area contributed by atoms with Gasteiger partial charge in [-0.2, -0.15) is 0 Å². The number of carbonyl (C=O) groups excluding carboxylic acids is 2. The largest absolute Gasteiger partial charge is 0.383 e. The van der Waals surface area contributed by atoms with Crippen LogP contribution in [0.15, 0.2) is 30.3 Å². The lowest BCUT2D eigenvalue weighted by atomic mass is 10.0. The van der Waals surface area contributed by atoms with Crippen molar-refractivity contribution < 1.29 is 14.3 Å². The van der Waals surface area contributed by atoms with Gasteiger partial charge in [0.15, 0.2) is 0 Å². The van der Waals surface area contributed by atoms with Gasteiger partial charge in [0.1, 0.15) is 5.41 Å². The van der Waals surface area contributed by atoms with Crippen LogP contribution in [0.25, 0.3) is 0 Å². The fourth-order valence-electron chi connectivity index (χ4n) is 2.25. The van der Waals surface area contributed by atoms with E-state index in [4.69, 9.17) is 4.74 Å². The Kier molecular flexibility index (Phi) is 5.33. The van der Waals surface area contributed by atoms with Gasteiger partial charge in [-0.3, -0.25) is 9.59 Å². The van der Waals surface area contributed by atoms with Crippen molar-refractivity contribution in [3.8, 4) is 0 Å². The summed E-state index contributed by atoms with van der Waals surface area (Å²) in [6, 6.07) is 9.96. The van der Waals surface area contributed by atoms with Gasteiger partial charge >= 0.3 is 0 Å². The molecule has 0 bridgehead atoms. The Morgan fingerprint density at radius 2 is 1.71 bits per heavy atom. The van der Waals surface area contributed by atoms with Gasteiger partial charge < -0.3 is 15.4 Å². The minimum Gasteiger partial charge on any atom is -0.383 e. The summed E-state index contributed by atoms with van der Waals surface area (Å²) in [5.74, 6) is -0.342. The van der Waals surface area contributed by atoms with Gasteiger partial charge in [-0.15, -0.1) is 0 Å². The van der Waals surface area contributed by atoms with E-state index in [1.54, 1.807) is 7.11 Å². The molecule has 5 heteroatoms. The highest BCUT2D eigenvalue weighted by atomic mass is 16.5. The molecule has 1 fully saturated rings. The molecular formula is C16H22N2O3. The summed E-state index contributed by atoms with van der Waals surface area (Å²) in [6.07, 6.45) is 2.03. The molecule has 0 heterocycles. The summed E-state index contributed by atoms with van der Waals surface area (Å²) in [7, 11) is 1.58. The molecule has 0 aromatic heterocycles. The van der Waals surface area contributed by atoms with Crippen LogP contribution in [0.5, 0.6) is 0 Å². The van der Waals surface area contributed by atoms with Crippen LogP contribution in [0.2, 0.25) is 0 Å². The number of hydrogen-bond acceptors (Lipinski definition) is 3. The Labute approximate surface area is 125 Å². The highest BCUT2D eigenvalue weighted by molar-refractivity contribution is 6.07. The second kappa shape index (κ2) is 7.22. The van der Waals surface area contributed by atoms with Crippen LogP contribution >= 0.6 is 0 Å². The van der Waals surface area contributed by atoms with E-state index in [9.17, 15) is 9.59 Å². The number of hydrogen-bond donors (Lipinski definition) is 2. The molecule has 0 spiro atoms. The standard InChI is InChI=1S/C16H22N2O3/c1-21-12-11-18-15(20)16(8-9-16)14(19)17-10-7-13-5-3-2-4-6-13/h2-6H,7-12H2,1H3,(H,17,19)(H,18,20). The minimum absolute atomic E-state index is 0.159. The van der Waals surface area contributed by atoms with Crippen LogP contribution < -0.4 is 10.6 Å². The van der Waals surface area contributed by atoms with Gasteiger partial charge in [0, 0.05) is 20.2 Å². The number of benzene rings is 1. The predicted octanol–water partition coefficient (Wildman–Crippen LogP) is 0.888. The molecule has 2 N–H and O–H groups in total. The average molecular weight is 290 g/mol. The third-order valence-corrected chi connectivity index (χ3v) is 3.75. The molecular weight excluding hydrogens is 268 g/mol. The lowest BCUT2D eigenvalue weighted by Gasteiger charge is -2.15. The molecule has 5 nitrogen and oxygen atoms in total. The van der Waals surface area contributed by atoms with Crippen LogP contribution in [0, 0.1) is 5.41 Å². The highest BCUT2D eigenvalue weighted by Crippen LogP contribution is 2.46. The maximum absolute atomic E-state index is 12.2. The molecule has 21 heavy (non-hydrogen) atoms.